The average Bonchev–Trinajstić information content (AvgIpc) is 2.84. The minimum atomic E-state index is -4.21. The smallest absolute Gasteiger partial charge is 0.339 e. The molecule has 2 aromatic heterocycles. The Balaban J connectivity index is 1.82. The molecule has 0 saturated carbocycles. The van der Waals surface area contributed by atoms with Crippen LogP contribution in [0, 0.1) is 6.92 Å². The van der Waals surface area contributed by atoms with E-state index in [0.29, 0.717) is 11.1 Å². The second kappa shape index (κ2) is 9.58. The van der Waals surface area contributed by atoms with Gasteiger partial charge in [-0.15, -0.1) is 0 Å². The minimum absolute atomic E-state index is 0.0446. The number of H-pyrrole nitrogens is 1. The zero-order valence-electron chi connectivity index (χ0n) is 18.7. The van der Waals surface area contributed by atoms with Gasteiger partial charge < -0.3 is 9.72 Å². The standard InChI is InChI=1S/C25H23N3O5S/c1-17-9-10-19-13-20(24(29)27-22(19)12-17)16-28(15-18-6-5-11-26-14-18)34(31,32)23-8-4-3-7-21(23)25(30)33-2/h3-14H,15-16H2,1-2H3,(H,27,29). The number of nitrogens with one attached hydrogen (secondary N) is 1. The number of hydrogen-bond acceptors (Lipinski definition) is 6. The molecule has 4 aromatic rings. The quantitative estimate of drug-likeness (QED) is 0.409. The SMILES string of the molecule is COC(=O)c1ccccc1S(=O)(=O)N(Cc1cccnc1)Cc1cc2ccc(C)cc2[nH]c1=O. The molecule has 2 aromatic carbocycles. The Bertz CT molecular complexity index is 1510. The van der Waals surface area contributed by atoms with Crippen molar-refractivity contribution < 1.29 is 17.9 Å². The van der Waals surface area contributed by atoms with Crippen molar-refractivity contribution in [2.24, 2.45) is 0 Å². The molecule has 0 amide bonds. The van der Waals surface area contributed by atoms with Crippen LogP contribution in [-0.4, -0.2) is 35.8 Å². The number of methoxy groups -OCH3 is 1. The largest absolute Gasteiger partial charge is 0.465 e. The van der Waals surface area contributed by atoms with Crippen LogP contribution in [0.1, 0.15) is 27.0 Å². The Kier molecular flexibility index (Phi) is 6.58. The predicted octanol–water partition coefficient (Wildman–Crippen LogP) is 3.41. The summed E-state index contributed by atoms with van der Waals surface area (Å²) in [5.74, 6) is -0.764. The van der Waals surface area contributed by atoms with Gasteiger partial charge in [-0.25, -0.2) is 13.2 Å². The second-order valence-electron chi connectivity index (χ2n) is 7.84. The van der Waals surface area contributed by atoms with Crippen LogP contribution in [0.4, 0.5) is 0 Å². The van der Waals surface area contributed by atoms with E-state index in [1.165, 1.54) is 25.3 Å². The van der Waals surface area contributed by atoms with Crippen LogP contribution < -0.4 is 5.56 Å². The van der Waals surface area contributed by atoms with Crippen LogP contribution >= 0.6 is 0 Å². The second-order valence-corrected chi connectivity index (χ2v) is 9.74. The molecule has 0 fully saturated rings. The van der Waals surface area contributed by atoms with E-state index in [9.17, 15) is 18.0 Å². The summed E-state index contributed by atoms with van der Waals surface area (Å²) in [7, 11) is -3.02. The summed E-state index contributed by atoms with van der Waals surface area (Å²) in [6.07, 6.45) is 3.15. The third-order valence-corrected chi connectivity index (χ3v) is 7.27. The van der Waals surface area contributed by atoms with E-state index >= 15 is 0 Å². The Labute approximate surface area is 196 Å². The van der Waals surface area contributed by atoms with E-state index in [1.54, 1.807) is 36.7 Å². The van der Waals surface area contributed by atoms with Gasteiger partial charge in [-0.2, -0.15) is 4.31 Å². The van der Waals surface area contributed by atoms with Gasteiger partial charge in [0.2, 0.25) is 10.0 Å². The number of esters is 1. The molecule has 0 aliphatic heterocycles. The summed E-state index contributed by atoms with van der Waals surface area (Å²) in [4.78, 5) is 31.8. The average molecular weight is 478 g/mol. The monoisotopic (exact) mass is 477 g/mol. The van der Waals surface area contributed by atoms with Gasteiger partial charge in [0, 0.05) is 36.6 Å². The molecule has 0 unspecified atom stereocenters. The van der Waals surface area contributed by atoms with Crippen molar-refractivity contribution in [2.75, 3.05) is 7.11 Å². The first-order valence-corrected chi connectivity index (χ1v) is 11.9. The van der Waals surface area contributed by atoms with Crippen molar-refractivity contribution in [1.82, 2.24) is 14.3 Å². The maximum Gasteiger partial charge on any atom is 0.339 e. The van der Waals surface area contributed by atoms with Gasteiger partial charge in [0.05, 0.1) is 17.6 Å². The van der Waals surface area contributed by atoms with Crippen LogP contribution in [-0.2, 0) is 27.8 Å². The molecule has 1 N–H and O–H groups in total. The van der Waals surface area contributed by atoms with Crippen molar-refractivity contribution in [3.63, 3.8) is 0 Å². The van der Waals surface area contributed by atoms with Gasteiger partial charge in [-0.1, -0.05) is 30.3 Å². The summed E-state index contributed by atoms with van der Waals surface area (Å²) >= 11 is 0. The number of aryl methyl sites for hydroxylation is 1. The first-order valence-electron chi connectivity index (χ1n) is 10.5. The van der Waals surface area contributed by atoms with Crippen LogP contribution in [0.15, 0.2) is 82.7 Å². The minimum Gasteiger partial charge on any atom is -0.465 e. The summed E-state index contributed by atoms with van der Waals surface area (Å²) < 4.78 is 33.5. The highest BCUT2D eigenvalue weighted by molar-refractivity contribution is 7.89. The number of ether oxygens (including phenoxy) is 1. The molecule has 4 rings (SSSR count). The van der Waals surface area contributed by atoms with Crippen LogP contribution in [0.3, 0.4) is 0 Å². The molecule has 34 heavy (non-hydrogen) atoms. The van der Waals surface area contributed by atoms with Gasteiger partial charge in [0.25, 0.3) is 5.56 Å². The molecule has 9 heteroatoms. The molecular weight excluding hydrogens is 454 g/mol. The Morgan fingerprint density at radius 1 is 1.06 bits per heavy atom. The first kappa shape index (κ1) is 23.3. The topological polar surface area (TPSA) is 109 Å². The number of fused-ring (bicyclic) bond motifs is 1. The molecule has 0 bridgehead atoms. The molecule has 2 heterocycles. The van der Waals surface area contributed by atoms with Gasteiger partial charge in [0.1, 0.15) is 0 Å². The predicted molar refractivity (Wildman–Crippen MR) is 128 cm³/mol. The number of sulfonamides is 1. The van der Waals surface area contributed by atoms with Crippen LogP contribution in [0.2, 0.25) is 0 Å². The van der Waals surface area contributed by atoms with Crippen LogP contribution in [0.25, 0.3) is 10.9 Å². The maximum absolute atomic E-state index is 13.8. The molecule has 0 spiro atoms. The highest BCUT2D eigenvalue weighted by Gasteiger charge is 2.30. The molecule has 0 atom stereocenters. The third kappa shape index (κ3) is 4.75. The molecule has 0 aliphatic rings. The summed E-state index contributed by atoms with van der Waals surface area (Å²) in [6.45, 7) is 1.68. The normalized spacial score (nSPS) is 11.6. The fourth-order valence-corrected chi connectivity index (χ4v) is 5.28. The van der Waals surface area contributed by atoms with E-state index in [0.717, 1.165) is 15.3 Å². The Hall–Kier alpha value is -3.82. The number of hydrogen-bond donors (Lipinski definition) is 1. The van der Waals surface area contributed by atoms with Crippen molar-refractivity contribution in [1.29, 1.82) is 0 Å². The molecule has 0 radical (unpaired) electrons. The van der Waals surface area contributed by atoms with Crippen LogP contribution in [0.5, 0.6) is 0 Å². The number of carbonyl (C=O) groups is 1. The fourth-order valence-electron chi connectivity index (χ4n) is 3.70. The number of pyridine rings is 2. The Morgan fingerprint density at radius 2 is 1.85 bits per heavy atom. The Morgan fingerprint density at radius 3 is 2.59 bits per heavy atom. The van der Waals surface area contributed by atoms with E-state index in [4.69, 9.17) is 4.74 Å². The first-order chi connectivity index (χ1) is 16.3. The summed E-state index contributed by atoms with van der Waals surface area (Å²) in [5, 5.41) is 0.786. The molecule has 174 valence electrons. The van der Waals surface area contributed by atoms with Gasteiger partial charge in [0.15, 0.2) is 0 Å². The molecule has 0 saturated heterocycles. The van der Waals surface area contributed by atoms with E-state index in [-0.39, 0.29) is 34.7 Å². The number of rotatable bonds is 7. The number of benzene rings is 2. The lowest BCUT2D eigenvalue weighted by molar-refractivity contribution is 0.0596. The zero-order chi connectivity index (χ0) is 24.3. The third-order valence-electron chi connectivity index (χ3n) is 5.42. The lowest BCUT2D eigenvalue weighted by Gasteiger charge is -2.23. The van der Waals surface area contributed by atoms with Gasteiger partial charge in [-0.3, -0.25) is 9.78 Å². The van der Waals surface area contributed by atoms with Gasteiger partial charge >= 0.3 is 5.97 Å². The summed E-state index contributed by atoms with van der Waals surface area (Å²) in [6, 6.07) is 16.6. The van der Waals surface area contributed by atoms with Crippen molar-refractivity contribution in [3.8, 4) is 0 Å². The number of carbonyl (C=O) groups excluding carboxylic acids is 1. The molecule has 0 aliphatic carbocycles. The number of aromatic amines is 1. The van der Waals surface area contributed by atoms with E-state index in [1.807, 2.05) is 25.1 Å². The number of aromatic nitrogens is 2. The maximum atomic E-state index is 13.8. The lowest BCUT2D eigenvalue weighted by atomic mass is 10.1. The summed E-state index contributed by atoms with van der Waals surface area (Å²) in [5.41, 5.74) is 2.12. The fraction of sp³-hybridized carbons (Fsp3) is 0.160. The van der Waals surface area contributed by atoms with E-state index < -0.39 is 16.0 Å². The zero-order valence-corrected chi connectivity index (χ0v) is 19.5. The van der Waals surface area contributed by atoms with E-state index in [2.05, 4.69) is 9.97 Å². The van der Waals surface area contributed by atoms with Crippen molar-refractivity contribution in [2.45, 2.75) is 24.9 Å². The molecule has 8 nitrogen and oxygen atoms in total. The highest BCUT2D eigenvalue weighted by Crippen LogP contribution is 2.25. The molecular formula is C25H23N3O5S. The highest BCUT2D eigenvalue weighted by atomic mass is 32.2. The van der Waals surface area contributed by atoms with Crippen molar-refractivity contribution in [3.05, 3.63) is 106 Å². The number of nitrogens with zero attached hydrogens (tertiary/aromatic N) is 2. The van der Waals surface area contributed by atoms with Crippen molar-refractivity contribution >= 4 is 26.9 Å². The lowest BCUT2D eigenvalue weighted by Crippen LogP contribution is -2.33. The van der Waals surface area contributed by atoms with Gasteiger partial charge in [-0.05, 0) is 53.8 Å².